The van der Waals surface area contributed by atoms with E-state index in [1.165, 1.54) is 0 Å². The van der Waals surface area contributed by atoms with Gasteiger partial charge in [-0.25, -0.2) is 0 Å². The summed E-state index contributed by atoms with van der Waals surface area (Å²) in [6, 6.07) is 17.1. The van der Waals surface area contributed by atoms with Crippen LogP contribution in [-0.4, -0.2) is 16.9 Å². The lowest BCUT2D eigenvalue weighted by molar-refractivity contribution is -0.122. The molecular weight excluding hydrogens is 370 g/mol. The number of amides is 2. The van der Waals surface area contributed by atoms with Gasteiger partial charge in [-0.05, 0) is 42.3 Å². The minimum Gasteiger partial charge on any atom is -0.302 e. The van der Waals surface area contributed by atoms with Gasteiger partial charge < -0.3 is 5.32 Å². The highest BCUT2D eigenvalue weighted by Crippen LogP contribution is 2.16. The van der Waals surface area contributed by atoms with Crippen LogP contribution in [0.25, 0.3) is 0 Å². The van der Waals surface area contributed by atoms with Gasteiger partial charge in [0.2, 0.25) is 11.8 Å². The molecule has 2 rings (SSSR count). The van der Waals surface area contributed by atoms with E-state index >= 15 is 0 Å². The quantitative estimate of drug-likeness (QED) is 0.524. The Kier molecular flexibility index (Phi) is 8.05. The Hall–Kier alpha value is -2.44. The smallest absolute Gasteiger partial charge is 0.238 e. The predicted octanol–water partition coefficient (Wildman–Crippen LogP) is 2.93. The Bertz CT molecular complexity index is 768. The molecule has 0 atom stereocenters. The average molecular weight is 390 g/mol. The fourth-order valence-corrected chi connectivity index (χ4v) is 2.66. The number of thiocarbonyl (C=S) groups is 1. The van der Waals surface area contributed by atoms with Crippen molar-refractivity contribution in [3.63, 3.8) is 0 Å². The first-order valence-corrected chi connectivity index (χ1v) is 8.99. The first-order valence-electron chi connectivity index (χ1n) is 8.20. The number of hydrogen-bond acceptors (Lipinski definition) is 3. The fraction of sp³-hybridized carbons (Fsp3) is 0.211. The monoisotopic (exact) mass is 389 g/mol. The lowest BCUT2D eigenvalue weighted by atomic mass is 10.1. The Morgan fingerprint density at radius 1 is 0.846 bits per heavy atom. The van der Waals surface area contributed by atoms with Gasteiger partial charge in [0.25, 0.3) is 0 Å². The molecule has 0 aliphatic rings. The SMILES string of the molecule is O=C(CCc1ccccc1)NNC(=S)NC(=O)CCc1ccccc1Cl. The molecule has 0 saturated carbocycles. The molecule has 0 aromatic heterocycles. The van der Waals surface area contributed by atoms with Gasteiger partial charge in [0.15, 0.2) is 5.11 Å². The minimum atomic E-state index is -0.249. The lowest BCUT2D eigenvalue weighted by Crippen LogP contribution is -2.48. The summed E-state index contributed by atoms with van der Waals surface area (Å²) in [5.41, 5.74) is 6.99. The number of hydrogen-bond donors (Lipinski definition) is 3. The number of carbonyl (C=O) groups is 2. The summed E-state index contributed by atoms with van der Waals surface area (Å²) in [6.45, 7) is 0. The van der Waals surface area contributed by atoms with Crippen molar-refractivity contribution in [1.82, 2.24) is 16.2 Å². The van der Waals surface area contributed by atoms with E-state index < -0.39 is 0 Å². The van der Waals surface area contributed by atoms with Crippen LogP contribution in [0.2, 0.25) is 5.02 Å². The van der Waals surface area contributed by atoms with Crippen LogP contribution in [0.3, 0.4) is 0 Å². The largest absolute Gasteiger partial charge is 0.302 e. The number of nitrogens with one attached hydrogen (secondary N) is 3. The summed E-state index contributed by atoms with van der Waals surface area (Å²) in [4.78, 5) is 23.7. The van der Waals surface area contributed by atoms with Gasteiger partial charge >= 0.3 is 0 Å². The van der Waals surface area contributed by atoms with Gasteiger partial charge in [-0.1, -0.05) is 60.1 Å². The molecule has 0 unspecified atom stereocenters. The molecule has 0 saturated heterocycles. The normalized spacial score (nSPS) is 10.0. The zero-order valence-corrected chi connectivity index (χ0v) is 15.7. The van der Waals surface area contributed by atoms with E-state index in [1.807, 2.05) is 48.5 Å². The molecule has 0 aliphatic heterocycles. The van der Waals surface area contributed by atoms with Crippen molar-refractivity contribution < 1.29 is 9.59 Å². The predicted molar refractivity (Wildman–Crippen MR) is 107 cm³/mol. The van der Waals surface area contributed by atoms with Gasteiger partial charge in [-0.15, -0.1) is 0 Å². The van der Waals surface area contributed by atoms with Crippen molar-refractivity contribution >= 4 is 40.7 Å². The third-order valence-electron chi connectivity index (χ3n) is 3.63. The molecule has 26 heavy (non-hydrogen) atoms. The number of benzene rings is 2. The Balaban J connectivity index is 1.64. The molecule has 0 bridgehead atoms. The van der Waals surface area contributed by atoms with E-state index in [1.54, 1.807) is 6.07 Å². The maximum absolute atomic E-state index is 11.9. The van der Waals surface area contributed by atoms with Crippen molar-refractivity contribution in [3.05, 3.63) is 70.7 Å². The Morgan fingerprint density at radius 2 is 1.50 bits per heavy atom. The summed E-state index contributed by atoms with van der Waals surface area (Å²) in [6.07, 6.45) is 1.70. The first kappa shape index (κ1) is 19.9. The van der Waals surface area contributed by atoms with Gasteiger partial charge in [-0.2, -0.15) is 0 Å². The summed E-state index contributed by atoms with van der Waals surface area (Å²) in [7, 11) is 0. The number of rotatable bonds is 6. The molecule has 136 valence electrons. The highest BCUT2D eigenvalue weighted by molar-refractivity contribution is 7.80. The van der Waals surface area contributed by atoms with Crippen molar-refractivity contribution in [2.75, 3.05) is 0 Å². The summed E-state index contributed by atoms with van der Waals surface area (Å²) >= 11 is 11.1. The lowest BCUT2D eigenvalue weighted by Gasteiger charge is -2.11. The van der Waals surface area contributed by atoms with Crippen LogP contribution in [0, 0.1) is 0 Å². The number of carbonyl (C=O) groups excluding carboxylic acids is 2. The number of halogens is 1. The maximum atomic E-state index is 11.9. The van der Waals surface area contributed by atoms with Crippen LogP contribution in [0.4, 0.5) is 0 Å². The molecule has 0 radical (unpaired) electrons. The second-order valence-corrected chi connectivity index (χ2v) is 6.44. The van der Waals surface area contributed by atoms with Gasteiger partial charge in [-0.3, -0.25) is 20.4 Å². The maximum Gasteiger partial charge on any atom is 0.238 e. The minimum absolute atomic E-state index is 0.0576. The molecular formula is C19H20ClN3O2S. The first-order chi connectivity index (χ1) is 12.5. The van der Waals surface area contributed by atoms with Crippen LogP contribution in [0.1, 0.15) is 24.0 Å². The highest BCUT2D eigenvalue weighted by atomic mass is 35.5. The van der Waals surface area contributed by atoms with Crippen molar-refractivity contribution in [3.8, 4) is 0 Å². The van der Waals surface area contributed by atoms with Gasteiger partial charge in [0.05, 0.1) is 0 Å². The van der Waals surface area contributed by atoms with Crippen molar-refractivity contribution in [2.45, 2.75) is 25.7 Å². The van der Waals surface area contributed by atoms with Gasteiger partial charge in [0.1, 0.15) is 0 Å². The van der Waals surface area contributed by atoms with E-state index in [0.717, 1.165) is 11.1 Å². The summed E-state index contributed by atoms with van der Waals surface area (Å²) in [5, 5.41) is 3.21. The molecule has 0 fully saturated rings. The van der Waals surface area contributed by atoms with Crippen LogP contribution in [0.15, 0.2) is 54.6 Å². The molecule has 7 heteroatoms. The van der Waals surface area contributed by atoms with Crippen LogP contribution in [-0.2, 0) is 22.4 Å². The molecule has 0 spiro atoms. The fourth-order valence-electron chi connectivity index (χ4n) is 2.26. The molecule has 5 nitrogen and oxygen atoms in total. The third kappa shape index (κ3) is 7.21. The van der Waals surface area contributed by atoms with Crippen molar-refractivity contribution in [2.24, 2.45) is 0 Å². The van der Waals surface area contributed by atoms with E-state index in [9.17, 15) is 9.59 Å². The average Bonchev–Trinajstić information content (AvgIpc) is 2.65. The zero-order valence-electron chi connectivity index (χ0n) is 14.1. The third-order valence-corrected chi connectivity index (χ3v) is 4.20. The molecule has 2 amide bonds. The molecule has 2 aromatic rings. The summed E-state index contributed by atoms with van der Waals surface area (Å²) < 4.78 is 0. The standard InChI is InChI=1S/C19H20ClN3O2S/c20-16-9-5-4-8-15(16)11-13-17(24)21-19(26)23-22-18(25)12-10-14-6-2-1-3-7-14/h1-9H,10-13H2,(H,22,25)(H2,21,23,24,26). The Morgan fingerprint density at radius 3 is 2.23 bits per heavy atom. The topological polar surface area (TPSA) is 70.2 Å². The molecule has 0 heterocycles. The van der Waals surface area contributed by atoms with E-state index in [-0.39, 0.29) is 23.3 Å². The zero-order chi connectivity index (χ0) is 18.8. The van der Waals surface area contributed by atoms with E-state index in [4.69, 9.17) is 23.8 Å². The number of aryl methyl sites for hydroxylation is 2. The van der Waals surface area contributed by atoms with E-state index in [2.05, 4.69) is 16.2 Å². The second kappa shape index (κ2) is 10.5. The molecule has 2 aromatic carbocycles. The summed E-state index contributed by atoms with van der Waals surface area (Å²) in [5.74, 6) is -0.456. The molecule has 3 N–H and O–H groups in total. The van der Waals surface area contributed by atoms with Gasteiger partial charge in [0, 0.05) is 17.9 Å². The second-order valence-electron chi connectivity index (χ2n) is 5.63. The van der Waals surface area contributed by atoms with Crippen molar-refractivity contribution in [1.29, 1.82) is 0 Å². The van der Waals surface area contributed by atoms with Crippen LogP contribution < -0.4 is 16.2 Å². The highest BCUT2D eigenvalue weighted by Gasteiger charge is 2.08. The Labute approximate surface area is 163 Å². The molecule has 0 aliphatic carbocycles. The van der Waals surface area contributed by atoms with E-state index in [0.29, 0.717) is 24.3 Å². The number of hydrazine groups is 1. The van der Waals surface area contributed by atoms with Crippen LogP contribution >= 0.6 is 23.8 Å². The van der Waals surface area contributed by atoms with Crippen LogP contribution in [0.5, 0.6) is 0 Å².